The predicted molar refractivity (Wildman–Crippen MR) is 95.7 cm³/mol. The Morgan fingerprint density at radius 1 is 1.08 bits per heavy atom. The van der Waals surface area contributed by atoms with Crippen LogP contribution in [0.2, 0.25) is 0 Å². The Labute approximate surface area is 149 Å². The van der Waals surface area contributed by atoms with Crippen LogP contribution in [0.3, 0.4) is 0 Å². The number of azo groups is 1. The number of pyridine rings is 1. The highest BCUT2D eigenvalue weighted by atomic mass is 16.5. The first kappa shape index (κ1) is 15.8. The summed E-state index contributed by atoms with van der Waals surface area (Å²) in [5.74, 6) is 1.18. The molecule has 0 radical (unpaired) electrons. The zero-order valence-corrected chi connectivity index (χ0v) is 14.0. The van der Waals surface area contributed by atoms with Crippen LogP contribution in [0.25, 0.3) is 16.7 Å². The lowest BCUT2D eigenvalue weighted by Gasteiger charge is -2.08. The maximum absolute atomic E-state index is 5.41. The Bertz CT molecular complexity index is 1060. The molecule has 8 heteroatoms. The summed E-state index contributed by atoms with van der Waals surface area (Å²) >= 11 is 0. The summed E-state index contributed by atoms with van der Waals surface area (Å²) in [7, 11) is 1.62. The number of benzene rings is 1. The second-order valence-corrected chi connectivity index (χ2v) is 5.42. The predicted octanol–water partition coefficient (Wildman–Crippen LogP) is 3.50. The molecule has 3 heterocycles. The van der Waals surface area contributed by atoms with Gasteiger partial charge in [0.05, 0.1) is 25.2 Å². The minimum atomic E-state index is 0.453. The molecule has 8 nitrogen and oxygen atoms in total. The Kier molecular flexibility index (Phi) is 4.29. The summed E-state index contributed by atoms with van der Waals surface area (Å²) in [6.07, 6.45) is 6.59. The van der Waals surface area contributed by atoms with Gasteiger partial charge in [-0.05, 0) is 29.8 Å². The van der Waals surface area contributed by atoms with Crippen LogP contribution in [0, 0.1) is 0 Å². The van der Waals surface area contributed by atoms with E-state index in [1.165, 1.54) is 6.33 Å². The molecule has 1 aromatic carbocycles. The number of rotatable bonds is 5. The molecule has 3 aromatic heterocycles. The molecule has 0 atom stereocenters. The molecule has 0 aliphatic carbocycles. The van der Waals surface area contributed by atoms with Crippen LogP contribution < -0.4 is 4.74 Å². The van der Waals surface area contributed by atoms with E-state index in [1.807, 2.05) is 36.4 Å². The summed E-state index contributed by atoms with van der Waals surface area (Å²) in [5.41, 5.74) is 2.46. The average Bonchev–Trinajstić information content (AvgIpc) is 3.13. The van der Waals surface area contributed by atoms with Crippen LogP contribution in [-0.4, -0.2) is 31.8 Å². The van der Waals surface area contributed by atoms with Crippen molar-refractivity contribution < 1.29 is 4.74 Å². The quantitative estimate of drug-likeness (QED) is 0.516. The molecular weight excluding hydrogens is 330 g/mol. The molecule has 0 bridgehead atoms. The second kappa shape index (κ2) is 7.06. The molecule has 0 aliphatic rings. The maximum atomic E-state index is 5.41. The number of fused-ring (bicyclic) bond motifs is 1. The van der Waals surface area contributed by atoms with Crippen molar-refractivity contribution in [3.8, 4) is 11.4 Å². The smallest absolute Gasteiger partial charge is 0.188 e. The molecule has 0 aliphatic heterocycles. The highest BCUT2D eigenvalue weighted by Crippen LogP contribution is 2.28. The molecule has 0 saturated carbocycles. The van der Waals surface area contributed by atoms with E-state index in [0.717, 1.165) is 16.6 Å². The van der Waals surface area contributed by atoms with Gasteiger partial charge in [-0.2, -0.15) is 10.2 Å². The van der Waals surface area contributed by atoms with E-state index in [2.05, 4.69) is 30.3 Å². The van der Waals surface area contributed by atoms with Crippen molar-refractivity contribution in [2.45, 2.75) is 6.54 Å². The summed E-state index contributed by atoms with van der Waals surface area (Å²) in [6, 6.07) is 11.4. The fraction of sp³-hybridized carbons (Fsp3) is 0.111. The van der Waals surface area contributed by atoms with Gasteiger partial charge >= 0.3 is 0 Å². The SMILES string of the molecule is COc1ccccc1-n1ncc2c(N=NCc3ccncc3)ncnc21. The van der Waals surface area contributed by atoms with E-state index in [-0.39, 0.29) is 0 Å². The van der Waals surface area contributed by atoms with Gasteiger partial charge < -0.3 is 4.74 Å². The van der Waals surface area contributed by atoms with Crippen molar-refractivity contribution in [3.05, 3.63) is 66.9 Å². The third kappa shape index (κ3) is 3.00. The fourth-order valence-electron chi connectivity index (χ4n) is 2.56. The van der Waals surface area contributed by atoms with Crippen LogP contribution in [0.5, 0.6) is 5.75 Å². The molecular formula is C18H15N7O. The fourth-order valence-corrected chi connectivity index (χ4v) is 2.56. The van der Waals surface area contributed by atoms with Crippen molar-refractivity contribution in [2.24, 2.45) is 10.2 Å². The molecule has 0 fully saturated rings. The lowest BCUT2D eigenvalue weighted by Crippen LogP contribution is -2.00. The number of methoxy groups -OCH3 is 1. The van der Waals surface area contributed by atoms with Gasteiger partial charge in [-0.1, -0.05) is 12.1 Å². The maximum Gasteiger partial charge on any atom is 0.188 e. The van der Waals surface area contributed by atoms with Crippen molar-refractivity contribution in [3.63, 3.8) is 0 Å². The van der Waals surface area contributed by atoms with Gasteiger partial charge in [0, 0.05) is 12.4 Å². The standard InChI is InChI=1S/C18H15N7O/c1-26-16-5-3-2-4-15(16)25-18-14(11-23-25)17(20-12-21-18)24-22-10-13-6-8-19-9-7-13/h2-9,11-12H,10H2,1H3. The molecule has 4 rings (SSSR count). The van der Waals surface area contributed by atoms with Crippen LogP contribution in [0.4, 0.5) is 5.82 Å². The van der Waals surface area contributed by atoms with E-state index in [9.17, 15) is 0 Å². The van der Waals surface area contributed by atoms with Crippen LogP contribution in [0.1, 0.15) is 5.56 Å². The Hall–Kier alpha value is -3.68. The number of aromatic nitrogens is 5. The molecule has 0 unspecified atom stereocenters. The largest absolute Gasteiger partial charge is 0.494 e. The van der Waals surface area contributed by atoms with Gasteiger partial charge in [-0.3, -0.25) is 4.98 Å². The summed E-state index contributed by atoms with van der Waals surface area (Å²) in [6.45, 7) is 0.453. The zero-order valence-electron chi connectivity index (χ0n) is 14.0. The summed E-state index contributed by atoms with van der Waals surface area (Å²) in [4.78, 5) is 12.5. The molecule has 0 N–H and O–H groups in total. The van der Waals surface area contributed by atoms with Gasteiger partial charge in [-0.25, -0.2) is 14.6 Å². The van der Waals surface area contributed by atoms with Crippen molar-refractivity contribution in [2.75, 3.05) is 7.11 Å². The van der Waals surface area contributed by atoms with E-state index in [4.69, 9.17) is 4.74 Å². The minimum Gasteiger partial charge on any atom is -0.494 e. The molecule has 128 valence electrons. The van der Waals surface area contributed by atoms with E-state index in [0.29, 0.717) is 23.8 Å². The van der Waals surface area contributed by atoms with Crippen molar-refractivity contribution in [1.82, 2.24) is 24.7 Å². The van der Waals surface area contributed by atoms with Gasteiger partial charge in [-0.15, -0.1) is 5.11 Å². The van der Waals surface area contributed by atoms with E-state index in [1.54, 1.807) is 30.4 Å². The van der Waals surface area contributed by atoms with Gasteiger partial charge in [0.25, 0.3) is 0 Å². The second-order valence-electron chi connectivity index (χ2n) is 5.42. The van der Waals surface area contributed by atoms with Crippen LogP contribution in [0.15, 0.2) is 71.5 Å². The Balaban J connectivity index is 1.69. The molecule has 4 aromatic rings. The molecule has 0 amide bonds. The van der Waals surface area contributed by atoms with Gasteiger partial charge in [0.2, 0.25) is 0 Å². The zero-order chi connectivity index (χ0) is 17.8. The third-order valence-electron chi connectivity index (χ3n) is 3.83. The minimum absolute atomic E-state index is 0.453. The summed E-state index contributed by atoms with van der Waals surface area (Å²) < 4.78 is 7.12. The Morgan fingerprint density at radius 2 is 1.92 bits per heavy atom. The van der Waals surface area contributed by atoms with Crippen LogP contribution >= 0.6 is 0 Å². The first-order chi connectivity index (χ1) is 12.9. The van der Waals surface area contributed by atoms with Crippen LogP contribution in [-0.2, 0) is 6.54 Å². The molecule has 0 saturated heterocycles. The summed E-state index contributed by atoms with van der Waals surface area (Å²) in [5, 5.41) is 13.6. The van der Waals surface area contributed by atoms with Crippen molar-refractivity contribution in [1.29, 1.82) is 0 Å². The number of para-hydroxylation sites is 2. The van der Waals surface area contributed by atoms with E-state index >= 15 is 0 Å². The first-order valence-electron chi connectivity index (χ1n) is 7.95. The highest BCUT2D eigenvalue weighted by Gasteiger charge is 2.13. The normalized spacial score (nSPS) is 11.3. The van der Waals surface area contributed by atoms with E-state index < -0.39 is 0 Å². The number of hydrogen-bond donors (Lipinski definition) is 0. The lowest BCUT2D eigenvalue weighted by molar-refractivity contribution is 0.412. The van der Waals surface area contributed by atoms with Gasteiger partial charge in [0.1, 0.15) is 17.8 Å². The molecule has 26 heavy (non-hydrogen) atoms. The third-order valence-corrected chi connectivity index (χ3v) is 3.83. The first-order valence-corrected chi connectivity index (χ1v) is 7.95. The molecule has 0 spiro atoms. The average molecular weight is 345 g/mol. The lowest BCUT2D eigenvalue weighted by atomic mass is 10.3. The number of hydrogen-bond acceptors (Lipinski definition) is 7. The number of ether oxygens (including phenoxy) is 1. The number of nitrogens with zero attached hydrogens (tertiary/aromatic N) is 7. The van der Waals surface area contributed by atoms with Gasteiger partial charge in [0.15, 0.2) is 11.5 Å². The monoisotopic (exact) mass is 345 g/mol. The topological polar surface area (TPSA) is 90.4 Å². The highest BCUT2D eigenvalue weighted by molar-refractivity contribution is 5.85. The Morgan fingerprint density at radius 3 is 2.77 bits per heavy atom. The van der Waals surface area contributed by atoms with Crippen molar-refractivity contribution >= 4 is 16.9 Å².